The number of rotatable bonds is 0. The molecule has 1 atom stereocenters. The zero-order valence-corrected chi connectivity index (χ0v) is 8.75. The highest BCUT2D eigenvalue weighted by atomic mass is 19.1. The van der Waals surface area contributed by atoms with Gasteiger partial charge in [0.05, 0.1) is 13.2 Å². The topological polar surface area (TPSA) is 67.4 Å². The first kappa shape index (κ1) is 10.2. The van der Waals surface area contributed by atoms with E-state index in [1.165, 1.54) is 12.1 Å². The lowest BCUT2D eigenvalue weighted by atomic mass is 9.85. The number of fused-ring (bicyclic) bond motifs is 2. The lowest BCUT2D eigenvalue weighted by Gasteiger charge is -2.32. The van der Waals surface area contributed by atoms with Gasteiger partial charge in [-0.25, -0.2) is 9.18 Å². The molecule has 6 heteroatoms. The molecule has 1 saturated heterocycles. The van der Waals surface area contributed by atoms with E-state index in [1.807, 2.05) is 0 Å². The SMILES string of the molecule is O=C1NC(=O)C2(COCc3c(F)cccc32)N1. The molecule has 0 bridgehead atoms. The normalized spacial score (nSPS) is 26.6. The minimum absolute atomic E-state index is 0.0149. The third-order valence-electron chi connectivity index (χ3n) is 3.09. The average Bonchev–Trinajstić information content (AvgIpc) is 2.56. The summed E-state index contributed by atoms with van der Waals surface area (Å²) in [6.07, 6.45) is 0. The van der Waals surface area contributed by atoms with Crippen molar-refractivity contribution in [3.05, 3.63) is 35.1 Å². The van der Waals surface area contributed by atoms with E-state index in [0.29, 0.717) is 11.1 Å². The van der Waals surface area contributed by atoms with Gasteiger partial charge >= 0.3 is 6.03 Å². The Hall–Kier alpha value is -1.95. The van der Waals surface area contributed by atoms with Crippen molar-refractivity contribution in [1.82, 2.24) is 10.6 Å². The number of imide groups is 1. The predicted octanol–water partition coefficient (Wildman–Crippen LogP) is 0.391. The lowest BCUT2D eigenvalue weighted by Crippen LogP contribution is -2.50. The highest BCUT2D eigenvalue weighted by Crippen LogP contribution is 2.33. The molecule has 0 aliphatic carbocycles. The van der Waals surface area contributed by atoms with Crippen LogP contribution in [-0.4, -0.2) is 18.5 Å². The molecule has 2 heterocycles. The van der Waals surface area contributed by atoms with Gasteiger partial charge in [-0.3, -0.25) is 10.1 Å². The van der Waals surface area contributed by atoms with Crippen LogP contribution in [-0.2, 0) is 21.7 Å². The molecule has 0 radical (unpaired) electrons. The summed E-state index contributed by atoms with van der Waals surface area (Å²) in [5.41, 5.74) is -0.504. The predicted molar refractivity (Wildman–Crippen MR) is 54.4 cm³/mol. The second kappa shape index (κ2) is 3.27. The summed E-state index contributed by atoms with van der Waals surface area (Å²) in [5.74, 6) is -0.940. The number of ether oxygens (including phenoxy) is 1. The summed E-state index contributed by atoms with van der Waals surface area (Å²) in [6.45, 7) is 0.119. The Morgan fingerprint density at radius 2 is 2.18 bits per heavy atom. The summed E-state index contributed by atoms with van der Waals surface area (Å²) in [6, 6.07) is 3.86. The van der Waals surface area contributed by atoms with Crippen molar-refractivity contribution in [1.29, 1.82) is 0 Å². The third kappa shape index (κ3) is 1.27. The molecule has 2 aliphatic heterocycles. The van der Waals surface area contributed by atoms with E-state index in [4.69, 9.17) is 4.74 Å². The van der Waals surface area contributed by atoms with Crippen LogP contribution < -0.4 is 10.6 Å². The van der Waals surface area contributed by atoms with E-state index in [-0.39, 0.29) is 13.2 Å². The van der Waals surface area contributed by atoms with E-state index < -0.39 is 23.3 Å². The monoisotopic (exact) mass is 236 g/mol. The molecule has 88 valence electrons. The average molecular weight is 236 g/mol. The molecule has 1 unspecified atom stereocenters. The van der Waals surface area contributed by atoms with Gasteiger partial charge in [-0.2, -0.15) is 0 Å². The van der Waals surface area contributed by atoms with Gasteiger partial charge in [0.25, 0.3) is 5.91 Å². The molecule has 3 rings (SSSR count). The minimum Gasteiger partial charge on any atom is -0.373 e. The number of urea groups is 1. The van der Waals surface area contributed by atoms with Crippen molar-refractivity contribution in [3.8, 4) is 0 Å². The Morgan fingerprint density at radius 1 is 1.35 bits per heavy atom. The zero-order valence-electron chi connectivity index (χ0n) is 8.75. The van der Waals surface area contributed by atoms with Gasteiger partial charge < -0.3 is 10.1 Å². The van der Waals surface area contributed by atoms with Gasteiger partial charge in [0, 0.05) is 5.56 Å². The summed E-state index contributed by atoms with van der Waals surface area (Å²) >= 11 is 0. The Bertz CT molecular complexity index is 531. The number of hydrogen-bond acceptors (Lipinski definition) is 3. The molecule has 1 aromatic rings. The fraction of sp³-hybridized carbons (Fsp3) is 0.273. The number of carbonyl (C=O) groups excluding carboxylic acids is 2. The second-order valence-electron chi connectivity index (χ2n) is 4.07. The van der Waals surface area contributed by atoms with Crippen LogP contribution in [0.1, 0.15) is 11.1 Å². The van der Waals surface area contributed by atoms with E-state index in [1.54, 1.807) is 6.07 Å². The molecule has 2 aliphatic rings. The van der Waals surface area contributed by atoms with Crippen LogP contribution >= 0.6 is 0 Å². The van der Waals surface area contributed by atoms with Crippen molar-refractivity contribution in [2.45, 2.75) is 12.1 Å². The zero-order chi connectivity index (χ0) is 12.0. The minimum atomic E-state index is -1.28. The van der Waals surface area contributed by atoms with Crippen molar-refractivity contribution >= 4 is 11.9 Å². The van der Waals surface area contributed by atoms with Crippen LogP contribution in [0.15, 0.2) is 18.2 Å². The molecule has 1 fully saturated rings. The summed E-state index contributed by atoms with van der Waals surface area (Å²) in [5, 5.41) is 4.66. The quantitative estimate of drug-likeness (QED) is 0.640. The van der Waals surface area contributed by atoms with Crippen molar-refractivity contribution in [2.24, 2.45) is 0 Å². The van der Waals surface area contributed by atoms with E-state index in [2.05, 4.69) is 10.6 Å². The molecule has 5 nitrogen and oxygen atoms in total. The van der Waals surface area contributed by atoms with Crippen molar-refractivity contribution in [3.63, 3.8) is 0 Å². The van der Waals surface area contributed by atoms with Crippen molar-refractivity contribution in [2.75, 3.05) is 6.61 Å². The molecule has 0 aromatic heterocycles. The van der Waals surface area contributed by atoms with Crippen molar-refractivity contribution < 1.29 is 18.7 Å². The number of carbonyl (C=O) groups is 2. The van der Waals surface area contributed by atoms with Crippen LogP contribution in [0.4, 0.5) is 9.18 Å². The number of benzene rings is 1. The number of halogens is 1. The smallest absolute Gasteiger partial charge is 0.322 e. The maximum atomic E-state index is 13.6. The summed E-state index contributed by atoms with van der Waals surface area (Å²) < 4.78 is 18.8. The third-order valence-corrected chi connectivity index (χ3v) is 3.09. The lowest BCUT2D eigenvalue weighted by molar-refractivity contribution is -0.127. The molecule has 0 saturated carbocycles. The molecular formula is C11H9FN2O3. The molecular weight excluding hydrogens is 227 g/mol. The molecule has 17 heavy (non-hydrogen) atoms. The summed E-state index contributed by atoms with van der Waals surface area (Å²) in [7, 11) is 0. The van der Waals surface area contributed by atoms with Gasteiger partial charge in [0.15, 0.2) is 5.54 Å². The van der Waals surface area contributed by atoms with Crippen LogP contribution in [0.5, 0.6) is 0 Å². The first-order valence-electron chi connectivity index (χ1n) is 5.13. The molecule has 2 N–H and O–H groups in total. The van der Waals surface area contributed by atoms with Gasteiger partial charge in [0.2, 0.25) is 0 Å². The maximum Gasteiger partial charge on any atom is 0.322 e. The Morgan fingerprint density at radius 3 is 2.88 bits per heavy atom. The van der Waals surface area contributed by atoms with Crippen LogP contribution in [0.2, 0.25) is 0 Å². The van der Waals surface area contributed by atoms with Crippen LogP contribution in [0.25, 0.3) is 0 Å². The first-order valence-corrected chi connectivity index (χ1v) is 5.13. The van der Waals surface area contributed by atoms with E-state index >= 15 is 0 Å². The van der Waals surface area contributed by atoms with Crippen LogP contribution in [0, 0.1) is 5.82 Å². The standard InChI is InChI=1S/C11H9FN2O3/c12-8-3-1-2-7-6(8)4-17-5-11(7)9(15)13-10(16)14-11/h1-3H,4-5H2,(H2,13,14,15,16). The Labute approximate surface area is 95.9 Å². The highest BCUT2D eigenvalue weighted by Gasteiger charge is 2.51. The fourth-order valence-electron chi connectivity index (χ4n) is 2.27. The molecule has 1 aromatic carbocycles. The fourth-order valence-corrected chi connectivity index (χ4v) is 2.27. The number of amides is 3. The Kier molecular flexibility index (Phi) is 1.97. The largest absolute Gasteiger partial charge is 0.373 e. The summed E-state index contributed by atoms with van der Waals surface area (Å²) in [4.78, 5) is 23.1. The van der Waals surface area contributed by atoms with Gasteiger partial charge in [-0.05, 0) is 11.6 Å². The van der Waals surface area contributed by atoms with Gasteiger partial charge in [0.1, 0.15) is 5.82 Å². The highest BCUT2D eigenvalue weighted by molar-refractivity contribution is 6.07. The first-order chi connectivity index (χ1) is 8.13. The second-order valence-corrected chi connectivity index (χ2v) is 4.07. The van der Waals surface area contributed by atoms with E-state index in [0.717, 1.165) is 0 Å². The van der Waals surface area contributed by atoms with Gasteiger partial charge in [-0.1, -0.05) is 12.1 Å². The number of hydrogen-bond donors (Lipinski definition) is 2. The number of nitrogens with one attached hydrogen (secondary N) is 2. The maximum absolute atomic E-state index is 13.6. The van der Waals surface area contributed by atoms with Crippen LogP contribution in [0.3, 0.4) is 0 Å². The van der Waals surface area contributed by atoms with Gasteiger partial charge in [-0.15, -0.1) is 0 Å². The Balaban J connectivity index is 2.20. The molecule has 1 spiro atoms. The molecule has 3 amide bonds. The van der Waals surface area contributed by atoms with E-state index in [9.17, 15) is 14.0 Å².